The number of imidazole rings is 1. The predicted octanol–water partition coefficient (Wildman–Crippen LogP) is 2.26. The molecule has 1 unspecified atom stereocenters. The lowest BCUT2D eigenvalue weighted by atomic mass is 9.78. The molecule has 1 rings (SSSR count). The van der Waals surface area contributed by atoms with E-state index in [1.54, 1.807) is 12.5 Å². The highest BCUT2D eigenvalue weighted by atomic mass is 32.1. The molecule has 0 aliphatic carbocycles. The van der Waals surface area contributed by atoms with E-state index in [2.05, 4.69) is 10.3 Å². The second kappa shape index (κ2) is 8.12. The number of thiocarbonyl (C=S) groups is 1. The van der Waals surface area contributed by atoms with Crippen molar-refractivity contribution in [2.45, 2.75) is 59.0 Å². The van der Waals surface area contributed by atoms with Gasteiger partial charge in [0.1, 0.15) is 0 Å². The van der Waals surface area contributed by atoms with Crippen molar-refractivity contribution in [3.63, 3.8) is 0 Å². The summed E-state index contributed by atoms with van der Waals surface area (Å²) in [6.07, 6.45) is 8.48. The lowest BCUT2D eigenvalue weighted by Crippen LogP contribution is -2.51. The van der Waals surface area contributed by atoms with Gasteiger partial charge in [-0.15, -0.1) is 0 Å². The number of nitrogens with two attached hydrogens (primary N) is 1. The summed E-state index contributed by atoms with van der Waals surface area (Å²) in [6, 6.07) is -0.00543. The minimum atomic E-state index is -0.720. The Bertz CT molecular complexity index is 452. The van der Waals surface area contributed by atoms with Crippen LogP contribution in [0.25, 0.3) is 0 Å². The molecule has 1 amide bonds. The summed E-state index contributed by atoms with van der Waals surface area (Å²) >= 11 is 5.21. The molecule has 0 bridgehead atoms. The number of carbonyl (C=O) groups is 1. The van der Waals surface area contributed by atoms with Crippen molar-refractivity contribution in [3.8, 4) is 0 Å². The highest BCUT2D eigenvalue weighted by Gasteiger charge is 2.40. The molecule has 21 heavy (non-hydrogen) atoms. The van der Waals surface area contributed by atoms with Crippen LogP contribution in [-0.4, -0.2) is 26.5 Å². The average Bonchev–Trinajstić information content (AvgIpc) is 2.90. The zero-order chi connectivity index (χ0) is 15.9. The number of nitrogens with zero attached hydrogens (tertiary/aromatic N) is 2. The van der Waals surface area contributed by atoms with Gasteiger partial charge < -0.3 is 15.6 Å². The Morgan fingerprint density at radius 1 is 1.43 bits per heavy atom. The predicted molar refractivity (Wildman–Crippen MR) is 88.9 cm³/mol. The molecule has 5 nitrogen and oxygen atoms in total. The van der Waals surface area contributed by atoms with Crippen LogP contribution in [0, 0.1) is 5.41 Å². The molecule has 0 aromatic carbocycles. The molecule has 1 heterocycles. The summed E-state index contributed by atoms with van der Waals surface area (Å²) in [5.74, 6) is -0.0497. The first-order chi connectivity index (χ1) is 9.96. The second-order valence-corrected chi connectivity index (χ2v) is 6.02. The van der Waals surface area contributed by atoms with Crippen molar-refractivity contribution in [1.29, 1.82) is 0 Å². The molecule has 3 N–H and O–H groups in total. The van der Waals surface area contributed by atoms with Crippen LogP contribution in [0.5, 0.6) is 0 Å². The van der Waals surface area contributed by atoms with Gasteiger partial charge in [-0.25, -0.2) is 4.98 Å². The number of hydrogen-bond acceptors (Lipinski definition) is 3. The Morgan fingerprint density at radius 2 is 2.05 bits per heavy atom. The fourth-order valence-electron chi connectivity index (χ4n) is 2.68. The number of amides is 1. The molecule has 1 atom stereocenters. The molecule has 0 saturated carbocycles. The molecular formula is C15H26N4OS. The van der Waals surface area contributed by atoms with Crippen LogP contribution in [0.15, 0.2) is 18.7 Å². The van der Waals surface area contributed by atoms with Gasteiger partial charge in [-0.05, 0) is 19.8 Å². The SMILES string of the molecule is CCCC(CCC)(C(=O)NC(C)Cn1ccnc1)C(N)=S. The summed E-state index contributed by atoms with van der Waals surface area (Å²) < 4.78 is 1.94. The quantitative estimate of drug-likeness (QED) is 0.686. The maximum atomic E-state index is 12.7. The van der Waals surface area contributed by atoms with Gasteiger partial charge in [0.05, 0.1) is 16.7 Å². The molecule has 0 radical (unpaired) electrons. The maximum Gasteiger partial charge on any atom is 0.233 e. The number of nitrogens with one attached hydrogen (secondary N) is 1. The first kappa shape index (κ1) is 17.6. The van der Waals surface area contributed by atoms with E-state index in [1.165, 1.54) is 0 Å². The summed E-state index contributed by atoms with van der Waals surface area (Å²) in [6.45, 7) is 6.74. The van der Waals surface area contributed by atoms with Gasteiger partial charge in [0.25, 0.3) is 0 Å². The van der Waals surface area contributed by atoms with Crippen molar-refractivity contribution < 1.29 is 4.79 Å². The van der Waals surface area contributed by atoms with Crippen LogP contribution in [0.4, 0.5) is 0 Å². The van der Waals surface area contributed by atoms with Gasteiger partial charge in [-0.2, -0.15) is 0 Å². The largest absolute Gasteiger partial charge is 0.392 e. The minimum Gasteiger partial charge on any atom is -0.392 e. The molecule has 6 heteroatoms. The normalized spacial score (nSPS) is 12.9. The topological polar surface area (TPSA) is 72.9 Å². The Balaban J connectivity index is 2.77. The van der Waals surface area contributed by atoms with E-state index in [1.807, 2.05) is 31.5 Å². The third-order valence-electron chi connectivity index (χ3n) is 3.68. The fraction of sp³-hybridized carbons (Fsp3) is 0.667. The molecule has 118 valence electrons. The molecular weight excluding hydrogens is 284 g/mol. The van der Waals surface area contributed by atoms with E-state index in [9.17, 15) is 4.79 Å². The van der Waals surface area contributed by atoms with Crippen LogP contribution in [0.3, 0.4) is 0 Å². The molecule has 0 aliphatic heterocycles. The average molecular weight is 310 g/mol. The fourth-order valence-corrected chi connectivity index (χ4v) is 2.98. The van der Waals surface area contributed by atoms with Crippen molar-refractivity contribution >= 4 is 23.1 Å². The van der Waals surface area contributed by atoms with Crippen molar-refractivity contribution in [3.05, 3.63) is 18.7 Å². The zero-order valence-electron chi connectivity index (χ0n) is 13.1. The Kier molecular flexibility index (Phi) is 6.81. The molecule has 0 aliphatic rings. The van der Waals surface area contributed by atoms with Gasteiger partial charge in [0.15, 0.2) is 0 Å². The molecule has 0 fully saturated rings. The molecule has 0 saturated heterocycles. The lowest BCUT2D eigenvalue weighted by Gasteiger charge is -2.32. The molecule has 1 aromatic rings. The van der Waals surface area contributed by atoms with Gasteiger partial charge in [-0.1, -0.05) is 38.9 Å². The first-order valence-electron chi connectivity index (χ1n) is 7.52. The summed E-state index contributed by atoms with van der Waals surface area (Å²) in [7, 11) is 0. The summed E-state index contributed by atoms with van der Waals surface area (Å²) in [5.41, 5.74) is 5.19. The van der Waals surface area contributed by atoms with Gasteiger partial charge in [0, 0.05) is 25.0 Å². The highest BCUT2D eigenvalue weighted by Crippen LogP contribution is 2.31. The number of carbonyl (C=O) groups excluding carboxylic acids is 1. The first-order valence-corrected chi connectivity index (χ1v) is 7.93. The van der Waals surface area contributed by atoms with E-state index < -0.39 is 5.41 Å². The van der Waals surface area contributed by atoms with Crippen LogP contribution in [0.1, 0.15) is 46.5 Å². The van der Waals surface area contributed by atoms with Crippen LogP contribution < -0.4 is 11.1 Å². The van der Waals surface area contributed by atoms with Crippen molar-refractivity contribution in [2.24, 2.45) is 11.1 Å². The monoisotopic (exact) mass is 310 g/mol. The van der Waals surface area contributed by atoms with E-state index in [0.29, 0.717) is 24.4 Å². The molecule has 0 spiro atoms. The maximum absolute atomic E-state index is 12.7. The van der Waals surface area contributed by atoms with E-state index >= 15 is 0 Å². The Labute approximate surface area is 132 Å². The smallest absolute Gasteiger partial charge is 0.233 e. The number of aromatic nitrogens is 2. The zero-order valence-corrected chi connectivity index (χ0v) is 13.9. The minimum absolute atomic E-state index is 0.00543. The van der Waals surface area contributed by atoms with Crippen molar-refractivity contribution in [1.82, 2.24) is 14.9 Å². The van der Waals surface area contributed by atoms with Crippen molar-refractivity contribution in [2.75, 3.05) is 0 Å². The lowest BCUT2D eigenvalue weighted by molar-refractivity contribution is -0.128. The second-order valence-electron chi connectivity index (χ2n) is 5.58. The number of rotatable bonds is 9. The summed E-state index contributed by atoms with van der Waals surface area (Å²) in [4.78, 5) is 17.0. The third-order valence-corrected chi connectivity index (χ3v) is 4.07. The standard InChI is InChI=1S/C15H26N4OS/c1-4-6-15(7-5-2,13(16)21)14(20)18-12(3)10-19-9-8-17-11-19/h8-9,11-12H,4-7,10H2,1-3H3,(H2,16,21)(H,18,20). The van der Waals surface area contributed by atoms with Gasteiger partial charge in [0.2, 0.25) is 5.91 Å². The third kappa shape index (κ3) is 4.52. The van der Waals surface area contributed by atoms with Crippen LogP contribution in [-0.2, 0) is 11.3 Å². The van der Waals surface area contributed by atoms with E-state index in [4.69, 9.17) is 18.0 Å². The van der Waals surface area contributed by atoms with Gasteiger partial charge in [-0.3, -0.25) is 4.79 Å². The van der Waals surface area contributed by atoms with Crippen LogP contribution >= 0.6 is 12.2 Å². The van der Waals surface area contributed by atoms with Gasteiger partial charge >= 0.3 is 0 Å². The van der Waals surface area contributed by atoms with Crippen LogP contribution in [0.2, 0.25) is 0 Å². The van der Waals surface area contributed by atoms with E-state index in [-0.39, 0.29) is 11.9 Å². The number of hydrogen-bond donors (Lipinski definition) is 2. The highest BCUT2D eigenvalue weighted by molar-refractivity contribution is 7.80. The Morgan fingerprint density at radius 3 is 2.48 bits per heavy atom. The summed E-state index contributed by atoms with van der Waals surface area (Å²) in [5, 5.41) is 3.06. The van der Waals surface area contributed by atoms with E-state index in [0.717, 1.165) is 12.8 Å². The molecule has 1 aromatic heterocycles. The Hall–Kier alpha value is -1.43.